The molecule has 0 saturated carbocycles. The van der Waals surface area contributed by atoms with Gasteiger partial charge in [0.2, 0.25) is 0 Å². The van der Waals surface area contributed by atoms with Crippen molar-refractivity contribution in [3.63, 3.8) is 0 Å². The number of carbonyl (C=O) groups is 2. The van der Waals surface area contributed by atoms with Crippen LogP contribution in [0.1, 0.15) is 17.8 Å². The molecular weight excluding hydrogens is 316 g/mol. The van der Waals surface area contributed by atoms with Gasteiger partial charge >= 0.3 is 12.0 Å². The summed E-state index contributed by atoms with van der Waals surface area (Å²) < 4.78 is 23.0. The molecule has 2 rings (SSSR count). The lowest BCUT2D eigenvalue weighted by Gasteiger charge is -2.33. The number of nitrogens with zero attached hydrogens (tertiary/aromatic N) is 1. The molecule has 116 valence electrons. The number of amides is 2. The van der Waals surface area contributed by atoms with E-state index in [1.54, 1.807) is 24.4 Å². The second-order valence-electron chi connectivity index (χ2n) is 4.89. The van der Waals surface area contributed by atoms with E-state index in [0.717, 1.165) is 0 Å². The first-order chi connectivity index (χ1) is 9.80. The van der Waals surface area contributed by atoms with Crippen LogP contribution in [0.4, 0.5) is 4.79 Å². The van der Waals surface area contributed by atoms with Gasteiger partial charge in [-0.25, -0.2) is 18.0 Å². The van der Waals surface area contributed by atoms with E-state index in [4.69, 9.17) is 0 Å². The monoisotopic (exact) mass is 332 g/mol. The van der Waals surface area contributed by atoms with E-state index in [2.05, 4.69) is 5.32 Å². The van der Waals surface area contributed by atoms with Crippen LogP contribution in [0.3, 0.4) is 0 Å². The van der Waals surface area contributed by atoms with Gasteiger partial charge in [-0.2, -0.15) is 0 Å². The number of carbonyl (C=O) groups excluding carboxylic acids is 1. The normalized spacial score (nSPS) is 22.5. The Morgan fingerprint density at radius 3 is 2.76 bits per heavy atom. The zero-order valence-electron chi connectivity index (χ0n) is 11.4. The summed E-state index contributed by atoms with van der Waals surface area (Å²) in [5, 5.41) is 13.4. The molecule has 1 aromatic rings. The third-order valence-corrected chi connectivity index (χ3v) is 6.01. The summed E-state index contributed by atoms with van der Waals surface area (Å²) in [6.45, 7) is 1.71. The predicted octanol–water partition coefficient (Wildman–Crippen LogP) is 0.702. The zero-order valence-corrected chi connectivity index (χ0v) is 13.0. The summed E-state index contributed by atoms with van der Waals surface area (Å²) in [5.41, 5.74) is 0. The quantitative estimate of drug-likeness (QED) is 0.848. The van der Waals surface area contributed by atoms with Crippen LogP contribution in [0.15, 0.2) is 17.5 Å². The Hall–Kier alpha value is -1.61. The van der Waals surface area contributed by atoms with Crippen molar-refractivity contribution in [2.75, 3.05) is 18.1 Å². The second kappa shape index (κ2) is 6.02. The smallest absolute Gasteiger partial charge is 0.331 e. The minimum atomic E-state index is -3.12. The van der Waals surface area contributed by atoms with E-state index in [-0.39, 0.29) is 18.1 Å². The minimum absolute atomic E-state index is 0.0755. The number of thiophene rings is 1. The van der Waals surface area contributed by atoms with Crippen LogP contribution in [-0.2, 0) is 14.6 Å². The zero-order chi connectivity index (χ0) is 15.6. The number of aliphatic carboxylic acids is 1. The molecule has 1 aliphatic rings. The fraction of sp³-hybridized carbons (Fsp3) is 0.500. The molecule has 7 nitrogen and oxygen atoms in total. The van der Waals surface area contributed by atoms with Crippen molar-refractivity contribution >= 4 is 33.2 Å². The molecule has 9 heteroatoms. The Morgan fingerprint density at radius 1 is 1.52 bits per heavy atom. The highest BCUT2D eigenvalue weighted by Crippen LogP contribution is 2.20. The van der Waals surface area contributed by atoms with Crippen LogP contribution in [0.25, 0.3) is 0 Å². The number of nitrogens with one attached hydrogen (secondary N) is 1. The van der Waals surface area contributed by atoms with E-state index in [1.165, 1.54) is 16.2 Å². The van der Waals surface area contributed by atoms with Gasteiger partial charge in [0.25, 0.3) is 0 Å². The van der Waals surface area contributed by atoms with Crippen molar-refractivity contribution in [2.45, 2.75) is 19.0 Å². The number of urea groups is 1. The van der Waals surface area contributed by atoms with Crippen LogP contribution < -0.4 is 5.32 Å². The van der Waals surface area contributed by atoms with Crippen molar-refractivity contribution in [2.24, 2.45) is 0 Å². The molecule has 1 fully saturated rings. The average Bonchev–Trinajstić information content (AvgIpc) is 2.87. The highest BCUT2D eigenvalue weighted by Gasteiger charge is 2.33. The molecule has 1 saturated heterocycles. The number of rotatable bonds is 3. The third-order valence-electron chi connectivity index (χ3n) is 3.27. The lowest BCUT2D eigenvalue weighted by atomic mass is 10.2. The largest absolute Gasteiger partial charge is 0.479 e. The molecule has 0 aromatic carbocycles. The summed E-state index contributed by atoms with van der Waals surface area (Å²) in [6, 6.07) is 1.19. The van der Waals surface area contributed by atoms with Gasteiger partial charge in [0.05, 0.1) is 11.5 Å². The maximum atomic E-state index is 12.2. The molecule has 0 radical (unpaired) electrons. The van der Waals surface area contributed by atoms with Gasteiger partial charge in [0.1, 0.15) is 0 Å². The molecule has 0 aliphatic carbocycles. The van der Waals surface area contributed by atoms with Gasteiger partial charge in [-0.15, -0.1) is 11.3 Å². The number of hydrogen-bond acceptors (Lipinski definition) is 5. The Morgan fingerprint density at radius 2 is 2.24 bits per heavy atom. The Labute approximate surface area is 126 Å². The second-order valence-corrected chi connectivity index (χ2v) is 8.10. The molecule has 1 aliphatic heterocycles. The molecule has 21 heavy (non-hydrogen) atoms. The fourth-order valence-corrected chi connectivity index (χ4v) is 4.54. The number of sulfone groups is 1. The van der Waals surface area contributed by atoms with Crippen molar-refractivity contribution in [1.82, 2.24) is 10.2 Å². The average molecular weight is 332 g/mol. The summed E-state index contributed by atoms with van der Waals surface area (Å²) in [7, 11) is -3.12. The van der Waals surface area contributed by atoms with E-state index in [9.17, 15) is 23.1 Å². The van der Waals surface area contributed by atoms with Gasteiger partial charge in [-0.05, 0) is 18.4 Å². The van der Waals surface area contributed by atoms with E-state index < -0.39 is 33.9 Å². The van der Waals surface area contributed by atoms with Gasteiger partial charge in [0, 0.05) is 17.5 Å². The molecule has 2 atom stereocenters. The molecule has 0 spiro atoms. The number of carboxylic acid groups (broad SMARTS) is 1. The Balaban J connectivity index is 2.08. The van der Waals surface area contributed by atoms with Crippen LogP contribution >= 0.6 is 11.3 Å². The first-order valence-corrected chi connectivity index (χ1v) is 9.04. The van der Waals surface area contributed by atoms with Crippen molar-refractivity contribution < 1.29 is 23.1 Å². The minimum Gasteiger partial charge on any atom is -0.479 e. The number of hydrogen-bond donors (Lipinski definition) is 2. The van der Waals surface area contributed by atoms with E-state index in [1.807, 2.05) is 0 Å². The Bertz CT molecular complexity index is 626. The van der Waals surface area contributed by atoms with E-state index in [0.29, 0.717) is 4.88 Å². The number of carboxylic acids is 1. The molecule has 2 heterocycles. The van der Waals surface area contributed by atoms with E-state index >= 15 is 0 Å². The van der Waals surface area contributed by atoms with Crippen LogP contribution in [0.2, 0.25) is 0 Å². The molecule has 0 bridgehead atoms. The Kier molecular flexibility index (Phi) is 4.52. The molecule has 2 N–H and O–H groups in total. The topological polar surface area (TPSA) is 104 Å². The maximum absolute atomic E-state index is 12.2. The van der Waals surface area contributed by atoms with Gasteiger partial charge in [-0.3, -0.25) is 0 Å². The van der Waals surface area contributed by atoms with Crippen LogP contribution in [-0.4, -0.2) is 54.5 Å². The summed E-state index contributed by atoms with van der Waals surface area (Å²) in [5.74, 6) is -1.35. The molecular formula is C12H16N2O5S2. The van der Waals surface area contributed by atoms with Gasteiger partial charge in [0.15, 0.2) is 15.9 Å². The standard InChI is InChI=1S/C12H16N2O5S2/c1-8-7-21(18,19)6-4-14(8)12(17)13-10(11(15)16)9-3-2-5-20-9/h2-3,5,8,10H,4,6-7H2,1H3,(H,13,17)(H,15,16). The summed E-state index contributed by atoms with van der Waals surface area (Å²) in [6.07, 6.45) is 0. The summed E-state index contributed by atoms with van der Waals surface area (Å²) in [4.78, 5) is 25.4. The third kappa shape index (κ3) is 3.73. The first kappa shape index (κ1) is 15.8. The maximum Gasteiger partial charge on any atom is 0.331 e. The SMILES string of the molecule is CC1CS(=O)(=O)CCN1C(=O)NC(C(=O)O)c1cccs1. The molecule has 2 amide bonds. The fourth-order valence-electron chi connectivity index (χ4n) is 2.22. The highest BCUT2D eigenvalue weighted by molar-refractivity contribution is 7.91. The van der Waals surface area contributed by atoms with Gasteiger partial charge in [-0.1, -0.05) is 6.07 Å². The highest BCUT2D eigenvalue weighted by atomic mass is 32.2. The molecule has 1 aromatic heterocycles. The van der Waals surface area contributed by atoms with Crippen LogP contribution in [0, 0.1) is 0 Å². The van der Waals surface area contributed by atoms with Crippen molar-refractivity contribution in [3.8, 4) is 0 Å². The lowest BCUT2D eigenvalue weighted by molar-refractivity contribution is -0.139. The van der Waals surface area contributed by atoms with Crippen molar-refractivity contribution in [1.29, 1.82) is 0 Å². The lowest BCUT2D eigenvalue weighted by Crippen LogP contribution is -2.54. The summed E-state index contributed by atoms with van der Waals surface area (Å²) >= 11 is 1.24. The van der Waals surface area contributed by atoms with Gasteiger partial charge < -0.3 is 15.3 Å². The predicted molar refractivity (Wildman–Crippen MR) is 78.0 cm³/mol. The molecule has 2 unspecified atom stereocenters. The van der Waals surface area contributed by atoms with Crippen molar-refractivity contribution in [3.05, 3.63) is 22.4 Å². The van der Waals surface area contributed by atoms with Crippen LogP contribution in [0.5, 0.6) is 0 Å². The first-order valence-electron chi connectivity index (χ1n) is 6.34.